The van der Waals surface area contributed by atoms with Gasteiger partial charge in [0, 0.05) is 26.2 Å². The molecule has 0 aliphatic heterocycles. The van der Waals surface area contributed by atoms with Crippen molar-refractivity contribution in [1.29, 1.82) is 0 Å². The molecule has 0 heterocycles. The van der Waals surface area contributed by atoms with Gasteiger partial charge in [-0.1, -0.05) is 13.8 Å². The highest BCUT2D eigenvalue weighted by Crippen LogP contribution is 2.33. The van der Waals surface area contributed by atoms with E-state index in [0.717, 1.165) is 31.5 Å². The molecule has 3 nitrogen and oxygen atoms in total. The number of nitrogens with one attached hydrogen (secondary N) is 1. The van der Waals surface area contributed by atoms with E-state index in [2.05, 4.69) is 24.1 Å². The molecule has 0 amide bonds. The van der Waals surface area contributed by atoms with Crippen molar-refractivity contribution in [2.75, 3.05) is 32.7 Å². The molecule has 2 N–H and O–H groups in total. The van der Waals surface area contributed by atoms with Crippen LogP contribution in [0.15, 0.2) is 0 Å². The van der Waals surface area contributed by atoms with Gasteiger partial charge < -0.3 is 15.3 Å². The SMILES string of the molecule is CC(C)CNCC(O)CN(CC1CC1)CC1CC1. The van der Waals surface area contributed by atoms with Crippen molar-refractivity contribution in [3.05, 3.63) is 0 Å². The molecule has 1 atom stereocenters. The third-order valence-electron chi connectivity index (χ3n) is 3.83. The topological polar surface area (TPSA) is 35.5 Å². The van der Waals surface area contributed by atoms with Crippen LogP contribution in [0.1, 0.15) is 39.5 Å². The zero-order valence-corrected chi connectivity index (χ0v) is 12.1. The Morgan fingerprint density at radius 3 is 2.06 bits per heavy atom. The summed E-state index contributed by atoms with van der Waals surface area (Å²) in [6.45, 7) is 9.44. The summed E-state index contributed by atoms with van der Waals surface area (Å²) in [7, 11) is 0. The predicted molar refractivity (Wildman–Crippen MR) is 75.6 cm³/mol. The van der Waals surface area contributed by atoms with Gasteiger partial charge in [-0.25, -0.2) is 0 Å². The molecule has 0 aromatic rings. The van der Waals surface area contributed by atoms with E-state index in [1.54, 1.807) is 0 Å². The molecule has 0 spiro atoms. The fourth-order valence-corrected chi connectivity index (χ4v) is 2.46. The van der Waals surface area contributed by atoms with Crippen LogP contribution in [0.2, 0.25) is 0 Å². The maximum atomic E-state index is 10.1. The van der Waals surface area contributed by atoms with Gasteiger partial charge in [-0.3, -0.25) is 0 Å². The summed E-state index contributed by atoms with van der Waals surface area (Å²) in [4.78, 5) is 2.51. The number of aliphatic hydroxyl groups excluding tert-OH is 1. The lowest BCUT2D eigenvalue weighted by molar-refractivity contribution is 0.105. The van der Waals surface area contributed by atoms with E-state index in [1.807, 2.05) is 0 Å². The van der Waals surface area contributed by atoms with Crippen molar-refractivity contribution in [3.63, 3.8) is 0 Å². The standard InChI is InChI=1S/C15H30N2O/c1-12(2)7-16-8-15(18)11-17(9-13-3-4-13)10-14-5-6-14/h12-16,18H,3-11H2,1-2H3. The van der Waals surface area contributed by atoms with Crippen LogP contribution in [-0.4, -0.2) is 48.8 Å². The first-order chi connectivity index (χ1) is 8.63. The first-order valence-corrected chi connectivity index (χ1v) is 7.74. The molecule has 3 heteroatoms. The zero-order valence-electron chi connectivity index (χ0n) is 12.1. The second kappa shape index (κ2) is 6.88. The number of hydrogen-bond donors (Lipinski definition) is 2. The Labute approximate surface area is 112 Å². The minimum absolute atomic E-state index is 0.207. The summed E-state index contributed by atoms with van der Waals surface area (Å²) in [5, 5.41) is 13.4. The smallest absolute Gasteiger partial charge is 0.0791 e. The van der Waals surface area contributed by atoms with Gasteiger partial charge in [-0.15, -0.1) is 0 Å². The highest BCUT2D eigenvalue weighted by molar-refractivity contribution is 4.83. The molecule has 2 saturated carbocycles. The highest BCUT2D eigenvalue weighted by atomic mass is 16.3. The Bertz CT molecular complexity index is 223. The van der Waals surface area contributed by atoms with E-state index in [0.29, 0.717) is 5.92 Å². The quantitative estimate of drug-likeness (QED) is 0.623. The monoisotopic (exact) mass is 254 g/mol. The normalized spacial score (nSPS) is 21.8. The summed E-state index contributed by atoms with van der Waals surface area (Å²) in [6.07, 6.45) is 5.42. The summed E-state index contributed by atoms with van der Waals surface area (Å²) >= 11 is 0. The molecule has 0 aromatic heterocycles. The van der Waals surface area contributed by atoms with Gasteiger partial charge in [-0.2, -0.15) is 0 Å². The average Bonchev–Trinajstić information content (AvgIpc) is 3.12. The average molecular weight is 254 g/mol. The summed E-state index contributed by atoms with van der Waals surface area (Å²) in [6, 6.07) is 0. The van der Waals surface area contributed by atoms with Crippen LogP contribution in [0, 0.1) is 17.8 Å². The number of rotatable bonds is 10. The van der Waals surface area contributed by atoms with Crippen molar-refractivity contribution in [1.82, 2.24) is 10.2 Å². The molecule has 2 aliphatic carbocycles. The second-order valence-corrected chi connectivity index (χ2v) is 6.81. The Kier molecular flexibility index (Phi) is 5.46. The highest BCUT2D eigenvalue weighted by Gasteiger charge is 2.29. The van der Waals surface area contributed by atoms with E-state index in [4.69, 9.17) is 0 Å². The minimum Gasteiger partial charge on any atom is -0.390 e. The Hall–Kier alpha value is -0.120. The Balaban J connectivity index is 1.62. The van der Waals surface area contributed by atoms with Crippen molar-refractivity contribution in [2.45, 2.75) is 45.6 Å². The molecule has 106 valence electrons. The molecule has 0 aromatic carbocycles. The van der Waals surface area contributed by atoms with Crippen LogP contribution in [0.3, 0.4) is 0 Å². The van der Waals surface area contributed by atoms with Crippen molar-refractivity contribution in [2.24, 2.45) is 17.8 Å². The van der Waals surface area contributed by atoms with Gasteiger partial charge in [-0.05, 0) is 50.0 Å². The van der Waals surface area contributed by atoms with E-state index in [9.17, 15) is 5.11 Å². The summed E-state index contributed by atoms with van der Waals surface area (Å²) in [5.41, 5.74) is 0. The number of nitrogens with zero attached hydrogens (tertiary/aromatic N) is 1. The second-order valence-electron chi connectivity index (χ2n) is 6.81. The van der Waals surface area contributed by atoms with E-state index in [-0.39, 0.29) is 6.10 Å². The molecule has 1 unspecified atom stereocenters. The third kappa shape index (κ3) is 6.17. The van der Waals surface area contributed by atoms with E-state index in [1.165, 1.54) is 38.8 Å². The molecule has 2 aliphatic rings. The van der Waals surface area contributed by atoms with Gasteiger partial charge in [0.15, 0.2) is 0 Å². The van der Waals surface area contributed by atoms with Gasteiger partial charge in [0.2, 0.25) is 0 Å². The van der Waals surface area contributed by atoms with Gasteiger partial charge in [0.1, 0.15) is 0 Å². The largest absolute Gasteiger partial charge is 0.390 e. The molecule has 2 rings (SSSR count). The van der Waals surface area contributed by atoms with E-state index >= 15 is 0 Å². The van der Waals surface area contributed by atoms with Crippen LogP contribution >= 0.6 is 0 Å². The molecule has 0 bridgehead atoms. The van der Waals surface area contributed by atoms with Crippen molar-refractivity contribution in [3.8, 4) is 0 Å². The molecule has 0 saturated heterocycles. The number of hydrogen-bond acceptors (Lipinski definition) is 3. The Morgan fingerprint density at radius 2 is 1.61 bits per heavy atom. The lowest BCUT2D eigenvalue weighted by Crippen LogP contribution is -2.40. The molecular weight excluding hydrogens is 224 g/mol. The summed E-state index contributed by atoms with van der Waals surface area (Å²) in [5.74, 6) is 2.52. The first kappa shape index (κ1) is 14.3. The van der Waals surface area contributed by atoms with Crippen molar-refractivity contribution >= 4 is 0 Å². The fourth-order valence-electron chi connectivity index (χ4n) is 2.46. The Morgan fingerprint density at radius 1 is 1.06 bits per heavy atom. The third-order valence-corrected chi connectivity index (χ3v) is 3.83. The van der Waals surface area contributed by atoms with Crippen LogP contribution < -0.4 is 5.32 Å². The van der Waals surface area contributed by atoms with Crippen LogP contribution in [0.25, 0.3) is 0 Å². The maximum absolute atomic E-state index is 10.1. The minimum atomic E-state index is -0.207. The molecule has 18 heavy (non-hydrogen) atoms. The predicted octanol–water partition coefficient (Wildman–Crippen LogP) is 1.71. The van der Waals surface area contributed by atoms with Crippen LogP contribution in [0.4, 0.5) is 0 Å². The molecule has 0 radical (unpaired) electrons. The molecular formula is C15H30N2O. The van der Waals surface area contributed by atoms with Crippen LogP contribution in [0.5, 0.6) is 0 Å². The lowest BCUT2D eigenvalue weighted by atomic mass is 10.2. The van der Waals surface area contributed by atoms with Crippen molar-refractivity contribution < 1.29 is 5.11 Å². The fraction of sp³-hybridized carbons (Fsp3) is 1.00. The van der Waals surface area contributed by atoms with Gasteiger partial charge in [0.25, 0.3) is 0 Å². The van der Waals surface area contributed by atoms with Gasteiger partial charge in [0.05, 0.1) is 6.10 Å². The van der Waals surface area contributed by atoms with Crippen LogP contribution in [-0.2, 0) is 0 Å². The molecule has 2 fully saturated rings. The van der Waals surface area contributed by atoms with E-state index < -0.39 is 0 Å². The summed E-state index contributed by atoms with van der Waals surface area (Å²) < 4.78 is 0. The van der Waals surface area contributed by atoms with Gasteiger partial charge >= 0.3 is 0 Å². The maximum Gasteiger partial charge on any atom is 0.0791 e. The number of aliphatic hydroxyl groups is 1. The zero-order chi connectivity index (χ0) is 13.0. The lowest BCUT2D eigenvalue weighted by Gasteiger charge is -2.25. The first-order valence-electron chi connectivity index (χ1n) is 7.74.